The van der Waals surface area contributed by atoms with Crippen LogP contribution in [-0.2, 0) is 20.8 Å². The topological polar surface area (TPSA) is 170 Å². The fourth-order valence-electron chi connectivity index (χ4n) is 5.44. The highest BCUT2D eigenvalue weighted by Gasteiger charge is 2.40. The van der Waals surface area contributed by atoms with Gasteiger partial charge in [-0.3, -0.25) is 9.69 Å². The Balaban J connectivity index is 3.33. The molecule has 0 aliphatic heterocycles. The van der Waals surface area contributed by atoms with E-state index in [1.165, 1.54) is 4.90 Å². The molecule has 0 fully saturated rings. The van der Waals surface area contributed by atoms with Crippen LogP contribution in [0.4, 0.5) is 4.79 Å². The molecule has 0 aliphatic rings. The minimum atomic E-state index is -1.16. The Hall–Kier alpha value is -3.32. The maximum Gasteiger partial charge on any atom is 0.408 e. The van der Waals surface area contributed by atoms with Crippen molar-refractivity contribution in [3.8, 4) is 11.5 Å². The zero-order valence-electron chi connectivity index (χ0n) is 28.4. The van der Waals surface area contributed by atoms with E-state index in [1.807, 2.05) is 32.0 Å². The highest BCUT2D eigenvalue weighted by atomic mass is 16.9. The molecular formula is C32H55N3O10. The summed E-state index contributed by atoms with van der Waals surface area (Å²) in [6, 6.07) is 4.94. The molecule has 45 heavy (non-hydrogen) atoms. The van der Waals surface area contributed by atoms with E-state index in [9.17, 15) is 29.9 Å². The summed E-state index contributed by atoms with van der Waals surface area (Å²) in [7, 11) is 3.22. The second-order valence-corrected chi connectivity index (χ2v) is 13.0. The van der Waals surface area contributed by atoms with Crippen LogP contribution in [0.3, 0.4) is 0 Å². The second kappa shape index (κ2) is 19.3. The number of hydrogen-bond donors (Lipinski definition) is 3. The molecule has 13 nitrogen and oxygen atoms in total. The summed E-state index contributed by atoms with van der Waals surface area (Å²) in [5.41, 5.74) is 0.149. The number of rotatable bonds is 21. The molecule has 0 bridgehead atoms. The van der Waals surface area contributed by atoms with Gasteiger partial charge in [-0.2, -0.15) is 0 Å². The van der Waals surface area contributed by atoms with Crippen molar-refractivity contribution >= 4 is 12.0 Å². The number of aliphatic hydroxyl groups is 1. The lowest BCUT2D eigenvalue weighted by atomic mass is 9.79. The molecule has 4 atom stereocenters. The molecular weight excluding hydrogens is 586 g/mol. The van der Waals surface area contributed by atoms with Crippen LogP contribution >= 0.6 is 0 Å². The monoisotopic (exact) mass is 641 g/mol. The number of nitrogens with one attached hydrogen (secondary N) is 1. The van der Waals surface area contributed by atoms with E-state index >= 15 is 0 Å². The van der Waals surface area contributed by atoms with Gasteiger partial charge in [-0.1, -0.05) is 33.8 Å². The van der Waals surface area contributed by atoms with Gasteiger partial charge < -0.3 is 34.6 Å². The average molecular weight is 642 g/mol. The van der Waals surface area contributed by atoms with Crippen LogP contribution in [0.1, 0.15) is 73.3 Å². The van der Waals surface area contributed by atoms with E-state index in [-0.39, 0.29) is 43.2 Å². The molecule has 0 aromatic heterocycles. The molecule has 0 radical (unpaired) electrons. The van der Waals surface area contributed by atoms with Gasteiger partial charge in [0.2, 0.25) is 5.91 Å². The summed E-state index contributed by atoms with van der Waals surface area (Å²) in [6.45, 7) is 13.8. The molecule has 3 N–H and O–H groups in total. The molecule has 0 saturated heterocycles. The predicted octanol–water partition coefficient (Wildman–Crippen LogP) is 4.81. The zero-order chi connectivity index (χ0) is 34.3. The predicted molar refractivity (Wildman–Crippen MR) is 170 cm³/mol. The highest BCUT2D eigenvalue weighted by molar-refractivity contribution is 5.79. The highest BCUT2D eigenvalue weighted by Crippen LogP contribution is 2.34. The van der Waals surface area contributed by atoms with Gasteiger partial charge in [-0.15, -0.1) is 10.1 Å². The van der Waals surface area contributed by atoms with Crippen molar-refractivity contribution in [2.75, 3.05) is 40.6 Å². The van der Waals surface area contributed by atoms with Crippen molar-refractivity contribution in [3.63, 3.8) is 0 Å². The van der Waals surface area contributed by atoms with Gasteiger partial charge in [0.25, 0.3) is 5.09 Å². The molecule has 1 rings (SSSR count). The second-order valence-electron chi connectivity index (χ2n) is 13.0. The Kier molecular flexibility index (Phi) is 17.0. The van der Waals surface area contributed by atoms with Crippen molar-refractivity contribution in [1.82, 2.24) is 10.2 Å². The number of hydrogen-bond acceptors (Lipinski definition) is 9. The van der Waals surface area contributed by atoms with Gasteiger partial charge in [-0.25, -0.2) is 4.79 Å². The average Bonchev–Trinajstić information content (AvgIpc) is 2.94. The Morgan fingerprint density at radius 3 is 2.20 bits per heavy atom. The summed E-state index contributed by atoms with van der Waals surface area (Å²) < 4.78 is 16.6. The Labute approximate surface area is 267 Å². The number of amides is 2. The number of carboxylic acid groups (broad SMARTS) is 1. The first-order chi connectivity index (χ1) is 21.0. The number of methoxy groups -OCH3 is 2. The van der Waals surface area contributed by atoms with Crippen LogP contribution in [0.25, 0.3) is 0 Å². The van der Waals surface area contributed by atoms with E-state index in [0.29, 0.717) is 37.6 Å². The first-order valence-corrected chi connectivity index (χ1v) is 15.6. The van der Waals surface area contributed by atoms with Crippen LogP contribution in [0, 0.1) is 33.8 Å². The van der Waals surface area contributed by atoms with E-state index in [4.69, 9.17) is 14.2 Å². The molecule has 1 aromatic rings. The zero-order valence-corrected chi connectivity index (χ0v) is 28.4. The smallest absolute Gasteiger partial charge is 0.408 e. The van der Waals surface area contributed by atoms with Gasteiger partial charge in [-0.05, 0) is 75.5 Å². The lowest BCUT2D eigenvalue weighted by Crippen LogP contribution is -2.57. The standard InChI is InChI=1S/C32H55N3O10/c1-21(2)24(17-23-11-12-28(43-9)29(18-23)44-15-10-14-42-8)19-26(34(31(38)39)32(5,6)7)27(36)20-25(22(3)4)30(37)33-13-16-45-35(40)41/h11-12,18,21-22,24-27,36H,10,13-17,19-20H2,1-9H3,(H,33,37)(H,38,39)/t24-,25-,26-,27-/m0/s1. The third-order valence-corrected chi connectivity index (χ3v) is 7.90. The molecule has 13 heteroatoms. The minimum Gasteiger partial charge on any atom is -0.493 e. The molecule has 0 spiro atoms. The largest absolute Gasteiger partial charge is 0.493 e. The van der Waals surface area contributed by atoms with E-state index < -0.39 is 34.8 Å². The first kappa shape index (κ1) is 39.7. The quantitative estimate of drug-likeness (QED) is 0.0962. The number of carbonyl (C=O) groups is 2. The van der Waals surface area contributed by atoms with Gasteiger partial charge >= 0.3 is 6.09 Å². The SMILES string of the molecule is COCCCOc1cc(C[C@@H](C[C@@H]([C@@H](O)C[C@H](C(=O)NCCO[N+](=O)[O-])C(C)C)N(C(=O)O)C(C)(C)C)C(C)C)ccc1OC. The number of nitrogens with zero attached hydrogens (tertiary/aromatic N) is 2. The number of aliphatic hydroxyl groups excluding tert-OH is 1. The van der Waals surface area contributed by atoms with Crippen LogP contribution in [0.5, 0.6) is 11.5 Å². The summed E-state index contributed by atoms with van der Waals surface area (Å²) in [5, 5.41) is 34.2. The maximum absolute atomic E-state index is 13.0. The fraction of sp³-hybridized carbons (Fsp3) is 0.750. The third kappa shape index (κ3) is 13.7. The molecule has 0 aliphatic carbocycles. The van der Waals surface area contributed by atoms with Crippen molar-refractivity contribution in [2.45, 2.75) is 91.8 Å². The maximum atomic E-state index is 13.0. The van der Waals surface area contributed by atoms with Gasteiger partial charge in [0.15, 0.2) is 11.5 Å². The lowest BCUT2D eigenvalue weighted by Gasteiger charge is -2.44. The van der Waals surface area contributed by atoms with Crippen LogP contribution in [0.15, 0.2) is 18.2 Å². The fourth-order valence-corrected chi connectivity index (χ4v) is 5.44. The van der Waals surface area contributed by atoms with E-state index in [0.717, 1.165) is 12.0 Å². The summed E-state index contributed by atoms with van der Waals surface area (Å²) in [5.74, 6) is 0.0880. The Morgan fingerprint density at radius 2 is 1.69 bits per heavy atom. The normalized spacial score (nSPS) is 14.4. The number of carbonyl (C=O) groups excluding carboxylic acids is 1. The molecule has 1 aromatic carbocycles. The van der Waals surface area contributed by atoms with Crippen molar-refractivity contribution < 1.29 is 43.9 Å². The molecule has 0 saturated carbocycles. The Bertz CT molecular complexity index is 1060. The van der Waals surface area contributed by atoms with Crippen molar-refractivity contribution in [1.29, 1.82) is 0 Å². The van der Waals surface area contributed by atoms with Gasteiger partial charge in [0, 0.05) is 38.1 Å². The molecule has 258 valence electrons. The molecule has 0 heterocycles. The van der Waals surface area contributed by atoms with E-state index in [1.54, 1.807) is 35.0 Å². The van der Waals surface area contributed by atoms with Gasteiger partial charge in [0.1, 0.15) is 6.61 Å². The summed E-state index contributed by atoms with van der Waals surface area (Å²) >= 11 is 0. The summed E-state index contributed by atoms with van der Waals surface area (Å²) in [4.78, 5) is 41.7. The number of benzene rings is 1. The Morgan fingerprint density at radius 1 is 1.02 bits per heavy atom. The van der Waals surface area contributed by atoms with Crippen LogP contribution < -0.4 is 14.8 Å². The third-order valence-electron chi connectivity index (χ3n) is 7.90. The van der Waals surface area contributed by atoms with E-state index in [2.05, 4.69) is 24.0 Å². The van der Waals surface area contributed by atoms with Crippen LogP contribution in [-0.4, -0.2) is 90.5 Å². The lowest BCUT2D eigenvalue weighted by molar-refractivity contribution is -0.757. The first-order valence-electron chi connectivity index (χ1n) is 15.6. The van der Waals surface area contributed by atoms with Crippen molar-refractivity contribution in [2.24, 2.45) is 23.7 Å². The minimum absolute atomic E-state index is 0.0108. The van der Waals surface area contributed by atoms with Crippen molar-refractivity contribution in [3.05, 3.63) is 33.9 Å². The van der Waals surface area contributed by atoms with Crippen LogP contribution in [0.2, 0.25) is 0 Å². The van der Waals surface area contributed by atoms with Gasteiger partial charge in [0.05, 0.1) is 25.9 Å². The summed E-state index contributed by atoms with van der Waals surface area (Å²) in [6.07, 6.45) is -0.643. The number of ether oxygens (including phenoxy) is 3. The molecule has 0 unspecified atom stereocenters. The molecule has 2 amide bonds.